The molecule has 178 valence electrons. The van der Waals surface area contributed by atoms with Crippen LogP contribution >= 0.6 is 0 Å². The summed E-state index contributed by atoms with van der Waals surface area (Å²) < 4.78 is 12.6. The summed E-state index contributed by atoms with van der Waals surface area (Å²) in [5, 5.41) is 13.1. The Balaban J connectivity index is 1.54. The van der Waals surface area contributed by atoms with Crippen molar-refractivity contribution in [1.82, 2.24) is 9.55 Å². The zero-order valence-electron chi connectivity index (χ0n) is 20.1. The number of esters is 1. The van der Waals surface area contributed by atoms with Crippen molar-refractivity contribution in [3.05, 3.63) is 82.6 Å². The Morgan fingerprint density at radius 1 is 1.20 bits per heavy atom. The molecule has 0 aliphatic rings. The van der Waals surface area contributed by atoms with Crippen LogP contribution in [0.25, 0.3) is 10.9 Å². The molecule has 1 aromatic carbocycles. The van der Waals surface area contributed by atoms with Gasteiger partial charge in [-0.3, -0.25) is 9.78 Å². The van der Waals surface area contributed by atoms with Crippen molar-refractivity contribution in [3.63, 3.8) is 0 Å². The molecular weight excluding hydrogens is 444 g/mol. The fraction of sp³-hybridized carbons (Fsp3) is 0.259. The second-order valence-electron chi connectivity index (χ2n) is 8.60. The van der Waals surface area contributed by atoms with Crippen molar-refractivity contribution < 1.29 is 18.7 Å². The maximum atomic E-state index is 13.0. The summed E-state index contributed by atoms with van der Waals surface area (Å²) in [6.07, 6.45) is 1.57. The van der Waals surface area contributed by atoms with E-state index in [2.05, 4.69) is 16.4 Å². The molecule has 0 aliphatic carbocycles. The molecule has 4 aromatic rings. The maximum absolute atomic E-state index is 13.0. The number of nitrogens with zero attached hydrogens (tertiary/aromatic N) is 3. The van der Waals surface area contributed by atoms with Crippen LogP contribution in [0.2, 0.25) is 0 Å². The van der Waals surface area contributed by atoms with Crippen LogP contribution in [0.15, 0.2) is 53.1 Å². The highest BCUT2D eigenvalue weighted by atomic mass is 16.5. The molecule has 0 bridgehead atoms. The number of furan rings is 1. The number of rotatable bonds is 7. The maximum Gasteiger partial charge on any atom is 0.339 e. The van der Waals surface area contributed by atoms with E-state index in [1.165, 1.54) is 0 Å². The third kappa shape index (κ3) is 4.80. The van der Waals surface area contributed by atoms with Crippen molar-refractivity contribution in [2.24, 2.45) is 0 Å². The SMILES string of the molecule is Cc1c(C#N)c(NC(=O)COC(=O)c2cc(C(C)C)nc3ccccc23)n(Cc2ccco2)c1C. The van der Waals surface area contributed by atoms with Crippen molar-refractivity contribution in [2.45, 2.75) is 40.2 Å². The van der Waals surface area contributed by atoms with Crippen molar-refractivity contribution in [3.8, 4) is 6.07 Å². The number of hydrogen-bond acceptors (Lipinski definition) is 6. The minimum absolute atomic E-state index is 0.118. The van der Waals surface area contributed by atoms with Crippen molar-refractivity contribution in [1.29, 1.82) is 5.26 Å². The Bertz CT molecular complexity index is 1440. The number of carbonyl (C=O) groups excluding carboxylic acids is 2. The van der Waals surface area contributed by atoms with E-state index in [0.717, 1.165) is 17.0 Å². The number of benzene rings is 1. The molecule has 35 heavy (non-hydrogen) atoms. The van der Waals surface area contributed by atoms with Crippen molar-refractivity contribution >= 4 is 28.6 Å². The fourth-order valence-electron chi connectivity index (χ4n) is 3.92. The summed E-state index contributed by atoms with van der Waals surface area (Å²) in [5.74, 6) is -0.0151. The highest BCUT2D eigenvalue weighted by Crippen LogP contribution is 2.28. The number of amides is 1. The number of carbonyl (C=O) groups is 2. The number of fused-ring (bicyclic) bond motifs is 1. The first kappa shape index (κ1) is 23.8. The number of para-hydroxylation sites is 1. The molecule has 1 amide bonds. The van der Waals surface area contributed by atoms with E-state index in [1.807, 2.05) is 52.0 Å². The van der Waals surface area contributed by atoms with Crippen LogP contribution in [0.4, 0.5) is 5.82 Å². The molecule has 1 N–H and O–H groups in total. The standard InChI is InChI=1S/C27H26N4O4/c1-16(2)24-12-21(20-9-5-6-10-23(20)29-24)27(33)35-15-25(32)30-26-22(13-28)17(3)18(4)31(26)14-19-8-7-11-34-19/h5-12,16H,14-15H2,1-4H3,(H,30,32). The Morgan fingerprint density at radius 2 is 1.97 bits per heavy atom. The lowest BCUT2D eigenvalue weighted by molar-refractivity contribution is -0.119. The first-order valence-corrected chi connectivity index (χ1v) is 11.3. The Hall–Kier alpha value is -4.38. The molecule has 3 heterocycles. The molecule has 0 radical (unpaired) electrons. The largest absolute Gasteiger partial charge is 0.467 e. The molecule has 0 spiro atoms. The number of pyridine rings is 1. The number of nitriles is 1. The lowest BCUT2D eigenvalue weighted by Gasteiger charge is -2.13. The summed E-state index contributed by atoms with van der Waals surface area (Å²) in [4.78, 5) is 30.3. The highest BCUT2D eigenvalue weighted by Gasteiger charge is 2.22. The molecule has 0 atom stereocenters. The van der Waals surface area contributed by atoms with Crippen LogP contribution in [0.5, 0.6) is 0 Å². The summed E-state index contributed by atoms with van der Waals surface area (Å²) >= 11 is 0. The average Bonchev–Trinajstić information content (AvgIpc) is 3.44. The van der Waals surface area contributed by atoms with E-state index in [0.29, 0.717) is 40.2 Å². The number of aromatic nitrogens is 2. The summed E-state index contributed by atoms with van der Waals surface area (Å²) in [6, 6.07) is 14.8. The number of ether oxygens (including phenoxy) is 1. The van der Waals surface area contributed by atoms with Gasteiger partial charge in [0.05, 0.1) is 29.5 Å². The van der Waals surface area contributed by atoms with Gasteiger partial charge in [-0.1, -0.05) is 32.0 Å². The van der Waals surface area contributed by atoms with Gasteiger partial charge >= 0.3 is 5.97 Å². The van der Waals surface area contributed by atoms with Crippen LogP contribution in [-0.4, -0.2) is 28.0 Å². The quantitative estimate of drug-likeness (QED) is 0.377. The lowest BCUT2D eigenvalue weighted by Crippen LogP contribution is -2.23. The van der Waals surface area contributed by atoms with Gasteiger partial charge in [0.15, 0.2) is 6.61 Å². The lowest BCUT2D eigenvalue weighted by atomic mass is 10.0. The summed E-state index contributed by atoms with van der Waals surface area (Å²) in [7, 11) is 0. The smallest absolute Gasteiger partial charge is 0.339 e. The zero-order valence-corrected chi connectivity index (χ0v) is 20.1. The van der Waals surface area contributed by atoms with Gasteiger partial charge < -0.3 is 19.0 Å². The first-order chi connectivity index (χ1) is 16.8. The van der Waals surface area contributed by atoms with Crippen LogP contribution in [0, 0.1) is 25.2 Å². The molecular formula is C27H26N4O4. The van der Waals surface area contributed by atoms with Gasteiger partial charge in [0.2, 0.25) is 0 Å². The van der Waals surface area contributed by atoms with Gasteiger partial charge in [-0.15, -0.1) is 0 Å². The highest BCUT2D eigenvalue weighted by molar-refractivity contribution is 6.04. The molecule has 8 nitrogen and oxygen atoms in total. The van der Waals surface area contributed by atoms with Crippen LogP contribution in [0.3, 0.4) is 0 Å². The van der Waals surface area contributed by atoms with Gasteiger partial charge in [0.25, 0.3) is 5.91 Å². The average molecular weight is 471 g/mol. The van der Waals surface area contributed by atoms with Gasteiger partial charge in [0.1, 0.15) is 17.6 Å². The topological polar surface area (TPSA) is 110 Å². The van der Waals surface area contributed by atoms with E-state index in [-0.39, 0.29) is 5.92 Å². The van der Waals surface area contributed by atoms with Crippen LogP contribution < -0.4 is 5.32 Å². The van der Waals surface area contributed by atoms with E-state index in [1.54, 1.807) is 29.0 Å². The number of hydrogen-bond donors (Lipinski definition) is 1. The Kier molecular flexibility index (Phi) is 6.69. The zero-order chi connectivity index (χ0) is 25.1. The second-order valence-corrected chi connectivity index (χ2v) is 8.60. The molecule has 3 aromatic heterocycles. The predicted octanol–water partition coefficient (Wildman–Crippen LogP) is 5.09. The summed E-state index contributed by atoms with van der Waals surface area (Å²) in [6.45, 7) is 7.53. The second kappa shape index (κ2) is 9.85. The molecule has 0 unspecified atom stereocenters. The fourth-order valence-corrected chi connectivity index (χ4v) is 3.92. The van der Waals surface area contributed by atoms with E-state index in [9.17, 15) is 14.9 Å². The van der Waals surface area contributed by atoms with Gasteiger partial charge in [0, 0.05) is 16.8 Å². The Morgan fingerprint density at radius 3 is 2.66 bits per heavy atom. The molecule has 0 fully saturated rings. The minimum atomic E-state index is -0.612. The molecule has 8 heteroatoms. The van der Waals surface area contributed by atoms with E-state index in [4.69, 9.17) is 9.15 Å². The van der Waals surface area contributed by atoms with Crippen LogP contribution in [0.1, 0.15) is 58.4 Å². The third-order valence-corrected chi connectivity index (χ3v) is 5.97. The Labute approximate surface area is 203 Å². The normalized spacial score (nSPS) is 11.0. The van der Waals surface area contributed by atoms with E-state index >= 15 is 0 Å². The van der Waals surface area contributed by atoms with Gasteiger partial charge in [-0.25, -0.2) is 4.79 Å². The predicted molar refractivity (Wildman–Crippen MR) is 131 cm³/mol. The van der Waals surface area contributed by atoms with Gasteiger partial charge in [-0.2, -0.15) is 5.26 Å². The third-order valence-electron chi connectivity index (χ3n) is 5.97. The molecule has 4 rings (SSSR count). The minimum Gasteiger partial charge on any atom is -0.467 e. The number of nitrogens with one attached hydrogen (secondary N) is 1. The monoisotopic (exact) mass is 470 g/mol. The molecule has 0 saturated heterocycles. The first-order valence-electron chi connectivity index (χ1n) is 11.3. The summed E-state index contributed by atoms with van der Waals surface area (Å²) in [5.41, 5.74) is 3.76. The van der Waals surface area contributed by atoms with Crippen LogP contribution in [-0.2, 0) is 16.1 Å². The van der Waals surface area contributed by atoms with Gasteiger partial charge in [-0.05, 0) is 49.6 Å². The number of anilines is 1. The molecule has 0 aliphatic heterocycles. The van der Waals surface area contributed by atoms with E-state index < -0.39 is 18.5 Å². The molecule has 0 saturated carbocycles. The van der Waals surface area contributed by atoms with Crippen molar-refractivity contribution in [2.75, 3.05) is 11.9 Å².